The van der Waals surface area contributed by atoms with Crippen molar-refractivity contribution in [2.24, 2.45) is 11.8 Å². The van der Waals surface area contributed by atoms with Crippen molar-refractivity contribution in [3.05, 3.63) is 35.9 Å². The summed E-state index contributed by atoms with van der Waals surface area (Å²) in [5, 5.41) is 17.5. The van der Waals surface area contributed by atoms with Crippen molar-refractivity contribution in [3.63, 3.8) is 0 Å². The van der Waals surface area contributed by atoms with Crippen molar-refractivity contribution < 1.29 is 19.1 Å². The number of rotatable bonds is 14. The quantitative estimate of drug-likeness (QED) is 0.366. The summed E-state index contributed by atoms with van der Waals surface area (Å²) in [4.78, 5) is 38.3. The largest absolute Gasteiger partial charge is 0.445 e. The van der Waals surface area contributed by atoms with E-state index in [2.05, 4.69) is 22.0 Å². The molecule has 3 amide bonds. The molecule has 3 N–H and O–H groups in total. The number of thioether (sulfide) groups is 1. The van der Waals surface area contributed by atoms with E-state index in [1.807, 2.05) is 64.3 Å². The molecule has 8 nitrogen and oxygen atoms in total. The van der Waals surface area contributed by atoms with Crippen molar-refractivity contribution in [1.29, 1.82) is 5.26 Å². The predicted octanol–water partition coefficient (Wildman–Crippen LogP) is 3.62. The van der Waals surface area contributed by atoms with Crippen LogP contribution in [0.1, 0.15) is 52.5 Å². The molecule has 0 aromatic heterocycles. The van der Waals surface area contributed by atoms with E-state index in [0.717, 1.165) is 11.3 Å². The summed E-state index contributed by atoms with van der Waals surface area (Å²) in [6, 6.07) is 9.07. The van der Waals surface area contributed by atoms with Gasteiger partial charge in [-0.15, -0.1) is 0 Å². The number of carbonyl (C=O) groups is 3. The fourth-order valence-corrected chi connectivity index (χ4v) is 3.73. The molecule has 0 aliphatic carbocycles. The van der Waals surface area contributed by atoms with Crippen molar-refractivity contribution in [3.8, 4) is 6.07 Å². The van der Waals surface area contributed by atoms with Gasteiger partial charge < -0.3 is 20.7 Å². The van der Waals surface area contributed by atoms with Gasteiger partial charge in [0.25, 0.3) is 0 Å². The summed E-state index contributed by atoms with van der Waals surface area (Å²) in [7, 11) is 0. The number of carbonyl (C=O) groups excluding carboxylic acids is 3. The van der Waals surface area contributed by atoms with Gasteiger partial charge in [0.05, 0.1) is 6.07 Å². The summed E-state index contributed by atoms with van der Waals surface area (Å²) < 4.78 is 5.26. The summed E-state index contributed by atoms with van der Waals surface area (Å²) >= 11 is 1.60. The van der Waals surface area contributed by atoms with E-state index in [1.165, 1.54) is 0 Å². The van der Waals surface area contributed by atoms with Crippen LogP contribution in [0.2, 0.25) is 0 Å². The van der Waals surface area contributed by atoms with E-state index < -0.39 is 36.0 Å². The molecule has 0 spiro atoms. The summed E-state index contributed by atoms with van der Waals surface area (Å²) in [6.45, 7) is 7.88. The molecule has 0 aliphatic rings. The molecular weight excluding hydrogens is 452 g/mol. The third-order valence-electron chi connectivity index (χ3n) is 4.95. The Morgan fingerprint density at radius 1 is 0.941 bits per heavy atom. The first-order chi connectivity index (χ1) is 16.2. The lowest BCUT2D eigenvalue weighted by atomic mass is 10.00. The van der Waals surface area contributed by atoms with Gasteiger partial charge in [-0.1, -0.05) is 58.0 Å². The first-order valence-electron chi connectivity index (χ1n) is 11.6. The Morgan fingerprint density at radius 3 is 2.03 bits per heavy atom. The maximum Gasteiger partial charge on any atom is 0.408 e. The first-order valence-corrected chi connectivity index (χ1v) is 13.0. The molecule has 0 bridgehead atoms. The lowest BCUT2D eigenvalue weighted by Gasteiger charge is -2.25. The van der Waals surface area contributed by atoms with E-state index in [4.69, 9.17) is 4.74 Å². The Morgan fingerprint density at radius 2 is 1.50 bits per heavy atom. The fourth-order valence-electron chi connectivity index (χ4n) is 3.26. The summed E-state index contributed by atoms with van der Waals surface area (Å²) in [5.74, 6) is 0.145. The second-order valence-electron chi connectivity index (χ2n) is 9.05. The van der Waals surface area contributed by atoms with Crippen LogP contribution < -0.4 is 16.0 Å². The minimum Gasteiger partial charge on any atom is -0.445 e. The van der Waals surface area contributed by atoms with Gasteiger partial charge in [0.1, 0.15) is 24.7 Å². The molecular formula is C25H38N4O4S. The number of benzene rings is 1. The zero-order valence-electron chi connectivity index (χ0n) is 20.8. The molecule has 1 aromatic rings. The maximum absolute atomic E-state index is 13.1. The third-order valence-corrected chi connectivity index (χ3v) is 5.60. The molecule has 1 aromatic carbocycles. The van der Waals surface area contributed by atoms with Crippen LogP contribution in [0.4, 0.5) is 4.79 Å². The summed E-state index contributed by atoms with van der Waals surface area (Å²) in [5.41, 5.74) is 0.838. The highest BCUT2D eigenvalue weighted by atomic mass is 32.2. The SMILES string of the molecule is CSCCC(C#N)NC(=O)C(CC(C)C)NC(=O)C(CC(C)C)NC(=O)OCc1ccccc1. The van der Waals surface area contributed by atoms with Crippen LogP contribution in [0, 0.1) is 23.2 Å². The Bertz CT molecular complexity index is 811. The van der Waals surface area contributed by atoms with Gasteiger partial charge in [-0.2, -0.15) is 17.0 Å². The topological polar surface area (TPSA) is 120 Å². The molecule has 9 heteroatoms. The van der Waals surface area contributed by atoms with Crippen molar-refractivity contribution in [2.45, 2.75) is 71.7 Å². The fraction of sp³-hybridized carbons (Fsp3) is 0.600. The van der Waals surface area contributed by atoms with Crippen molar-refractivity contribution >= 4 is 29.7 Å². The van der Waals surface area contributed by atoms with Crippen LogP contribution in [-0.4, -0.2) is 48.0 Å². The normalized spacial score (nSPS) is 13.5. The van der Waals surface area contributed by atoms with Gasteiger partial charge in [0, 0.05) is 0 Å². The van der Waals surface area contributed by atoms with Gasteiger partial charge in [0.15, 0.2) is 0 Å². The molecule has 3 unspecified atom stereocenters. The molecule has 1 rings (SSSR count). The predicted molar refractivity (Wildman–Crippen MR) is 135 cm³/mol. The molecule has 0 heterocycles. The van der Waals surface area contributed by atoms with Crippen LogP contribution in [0.3, 0.4) is 0 Å². The number of ether oxygens (including phenoxy) is 1. The van der Waals surface area contributed by atoms with Crippen molar-refractivity contribution in [2.75, 3.05) is 12.0 Å². The highest BCUT2D eigenvalue weighted by molar-refractivity contribution is 7.98. The molecule has 0 aliphatic heterocycles. The molecule has 34 heavy (non-hydrogen) atoms. The van der Waals surface area contributed by atoms with E-state index in [1.54, 1.807) is 11.8 Å². The molecule has 188 valence electrons. The Labute approximate surface area is 207 Å². The lowest BCUT2D eigenvalue weighted by molar-refractivity contribution is -0.130. The number of nitriles is 1. The molecule has 0 fully saturated rings. The van der Waals surface area contributed by atoms with Gasteiger partial charge >= 0.3 is 6.09 Å². The van der Waals surface area contributed by atoms with Crippen LogP contribution in [0.15, 0.2) is 30.3 Å². The smallest absolute Gasteiger partial charge is 0.408 e. The number of nitrogens with one attached hydrogen (secondary N) is 3. The maximum atomic E-state index is 13.1. The first kappa shape index (κ1) is 29.3. The minimum absolute atomic E-state index is 0.0899. The average Bonchev–Trinajstić information content (AvgIpc) is 2.79. The number of hydrogen-bond donors (Lipinski definition) is 3. The highest BCUT2D eigenvalue weighted by Gasteiger charge is 2.29. The molecule has 0 saturated heterocycles. The van der Waals surface area contributed by atoms with Crippen LogP contribution >= 0.6 is 11.8 Å². The second-order valence-corrected chi connectivity index (χ2v) is 10.0. The van der Waals surface area contributed by atoms with E-state index >= 15 is 0 Å². The lowest BCUT2D eigenvalue weighted by Crippen LogP contribution is -2.55. The average molecular weight is 491 g/mol. The number of amides is 3. The number of nitrogens with zero attached hydrogens (tertiary/aromatic N) is 1. The van der Waals surface area contributed by atoms with Gasteiger partial charge in [-0.25, -0.2) is 4.79 Å². The van der Waals surface area contributed by atoms with E-state index in [9.17, 15) is 19.6 Å². The van der Waals surface area contributed by atoms with Crippen LogP contribution in [-0.2, 0) is 20.9 Å². The molecule has 0 radical (unpaired) electrons. The van der Waals surface area contributed by atoms with E-state index in [0.29, 0.717) is 19.3 Å². The minimum atomic E-state index is -0.853. The number of alkyl carbamates (subject to hydrolysis) is 1. The highest BCUT2D eigenvalue weighted by Crippen LogP contribution is 2.10. The Balaban J connectivity index is 2.82. The van der Waals surface area contributed by atoms with E-state index in [-0.39, 0.29) is 18.4 Å². The summed E-state index contributed by atoms with van der Waals surface area (Å²) in [6.07, 6.45) is 2.56. The Hall–Kier alpha value is -2.73. The number of hydrogen-bond acceptors (Lipinski definition) is 6. The standard InChI is InChI=1S/C25H38N4O4S/c1-17(2)13-21(23(30)27-20(15-26)11-12-34-5)28-24(31)22(14-18(3)4)29-25(32)33-16-19-9-7-6-8-10-19/h6-10,17-18,20-22H,11-14,16H2,1-5H3,(H,27,30)(H,28,31)(H,29,32). The van der Waals surface area contributed by atoms with Crippen LogP contribution in [0.25, 0.3) is 0 Å². The second kappa shape index (κ2) is 16.0. The zero-order valence-corrected chi connectivity index (χ0v) is 21.6. The van der Waals surface area contributed by atoms with Gasteiger partial charge in [0.2, 0.25) is 11.8 Å². The van der Waals surface area contributed by atoms with Gasteiger partial charge in [-0.3, -0.25) is 9.59 Å². The monoisotopic (exact) mass is 490 g/mol. The zero-order chi connectivity index (χ0) is 25.5. The Kier molecular flexibility index (Phi) is 13.8. The third kappa shape index (κ3) is 11.9. The molecule has 3 atom stereocenters. The molecule has 0 saturated carbocycles. The van der Waals surface area contributed by atoms with Gasteiger partial charge in [-0.05, 0) is 48.7 Å². The van der Waals surface area contributed by atoms with Crippen molar-refractivity contribution in [1.82, 2.24) is 16.0 Å². The van der Waals surface area contributed by atoms with Crippen LogP contribution in [0.5, 0.6) is 0 Å².